The number of benzene rings is 1. The summed E-state index contributed by atoms with van der Waals surface area (Å²) in [6.07, 6.45) is -3.16. The lowest BCUT2D eigenvalue weighted by molar-refractivity contribution is -0.274. The van der Waals surface area contributed by atoms with Gasteiger partial charge in [0, 0.05) is 13.2 Å². The molecular formula is C16H13F3N2O2. The summed E-state index contributed by atoms with van der Waals surface area (Å²) < 4.78 is 40.6. The predicted octanol–water partition coefficient (Wildman–Crippen LogP) is 3.26. The molecule has 2 heterocycles. The quantitative estimate of drug-likeness (QED) is 0.852. The van der Waals surface area contributed by atoms with Crippen LogP contribution in [-0.4, -0.2) is 24.3 Å². The zero-order valence-electron chi connectivity index (χ0n) is 12.4. The van der Waals surface area contributed by atoms with Gasteiger partial charge in [-0.25, -0.2) is 0 Å². The standard InChI is InChI=1S/C16H13F3N2O2/c1-15(10-5-7-11(8-6-10)23-16(17,18)19)13-12(4-3-9-20-13)21(2)14(15)22/h3-9H,1-2H3. The van der Waals surface area contributed by atoms with Crippen LogP contribution < -0.4 is 9.64 Å². The van der Waals surface area contributed by atoms with Crippen molar-refractivity contribution in [1.29, 1.82) is 0 Å². The highest BCUT2D eigenvalue weighted by Crippen LogP contribution is 2.44. The number of aromatic nitrogens is 1. The van der Waals surface area contributed by atoms with Crippen LogP contribution in [0, 0.1) is 0 Å². The predicted molar refractivity (Wildman–Crippen MR) is 77.2 cm³/mol. The molecule has 3 rings (SSSR count). The van der Waals surface area contributed by atoms with Crippen LogP contribution >= 0.6 is 0 Å². The SMILES string of the molecule is CN1C(=O)C(C)(c2ccc(OC(F)(F)F)cc2)c2ncccc21. The van der Waals surface area contributed by atoms with Gasteiger partial charge in [-0.05, 0) is 36.8 Å². The van der Waals surface area contributed by atoms with Crippen molar-refractivity contribution in [2.24, 2.45) is 0 Å². The Bertz CT molecular complexity index is 759. The number of fused-ring (bicyclic) bond motifs is 1. The van der Waals surface area contributed by atoms with E-state index in [4.69, 9.17) is 0 Å². The first-order valence-electron chi connectivity index (χ1n) is 6.83. The fraction of sp³-hybridized carbons (Fsp3) is 0.250. The number of pyridine rings is 1. The van der Waals surface area contributed by atoms with E-state index in [0.717, 1.165) is 0 Å². The number of ether oxygens (including phenoxy) is 1. The van der Waals surface area contributed by atoms with E-state index >= 15 is 0 Å². The van der Waals surface area contributed by atoms with Crippen LogP contribution in [0.1, 0.15) is 18.2 Å². The zero-order chi connectivity index (χ0) is 16.8. The Kier molecular flexibility index (Phi) is 3.31. The number of amides is 1. The third kappa shape index (κ3) is 2.42. The number of hydrogen-bond acceptors (Lipinski definition) is 3. The average molecular weight is 322 g/mol. The first-order chi connectivity index (χ1) is 10.7. The van der Waals surface area contributed by atoms with Crippen molar-refractivity contribution >= 4 is 11.6 Å². The summed E-state index contributed by atoms with van der Waals surface area (Å²) in [5.41, 5.74) is 0.788. The van der Waals surface area contributed by atoms with Crippen molar-refractivity contribution in [2.45, 2.75) is 18.7 Å². The van der Waals surface area contributed by atoms with Crippen LogP contribution in [0.3, 0.4) is 0 Å². The minimum absolute atomic E-state index is 0.185. The smallest absolute Gasteiger partial charge is 0.406 e. The monoisotopic (exact) mass is 322 g/mol. The molecule has 120 valence electrons. The number of anilines is 1. The molecule has 0 spiro atoms. The third-order valence-corrected chi connectivity index (χ3v) is 4.02. The number of alkyl halides is 3. The molecule has 23 heavy (non-hydrogen) atoms. The molecule has 1 aromatic carbocycles. The number of rotatable bonds is 2. The number of hydrogen-bond donors (Lipinski definition) is 0. The second kappa shape index (κ2) is 4.97. The van der Waals surface area contributed by atoms with E-state index in [9.17, 15) is 18.0 Å². The van der Waals surface area contributed by atoms with Gasteiger partial charge in [0.25, 0.3) is 0 Å². The molecule has 4 nitrogen and oxygen atoms in total. The summed E-state index contributed by atoms with van der Waals surface area (Å²) in [5.74, 6) is -0.513. The molecule has 1 aromatic heterocycles. The van der Waals surface area contributed by atoms with Gasteiger partial charge in [-0.15, -0.1) is 13.2 Å². The molecule has 0 aliphatic carbocycles. The molecule has 0 N–H and O–H groups in total. The van der Waals surface area contributed by atoms with Crippen molar-refractivity contribution < 1.29 is 22.7 Å². The maximum atomic E-state index is 12.7. The molecule has 2 aromatic rings. The number of carbonyl (C=O) groups is 1. The van der Waals surface area contributed by atoms with Gasteiger partial charge in [0.15, 0.2) is 0 Å². The molecule has 1 amide bonds. The molecular weight excluding hydrogens is 309 g/mol. The zero-order valence-corrected chi connectivity index (χ0v) is 12.4. The van der Waals surface area contributed by atoms with Gasteiger partial charge in [0.2, 0.25) is 5.91 Å². The second-order valence-corrected chi connectivity index (χ2v) is 5.43. The third-order valence-electron chi connectivity index (χ3n) is 4.02. The van der Waals surface area contributed by atoms with E-state index in [2.05, 4.69) is 9.72 Å². The molecule has 1 aliphatic heterocycles. The molecule has 0 fully saturated rings. The van der Waals surface area contributed by atoms with Gasteiger partial charge in [0.1, 0.15) is 11.2 Å². The maximum absolute atomic E-state index is 12.7. The van der Waals surface area contributed by atoms with E-state index in [1.165, 1.54) is 29.2 Å². The van der Waals surface area contributed by atoms with Crippen LogP contribution in [0.25, 0.3) is 0 Å². The summed E-state index contributed by atoms with van der Waals surface area (Å²) in [6.45, 7) is 1.71. The lowest BCUT2D eigenvalue weighted by Crippen LogP contribution is -2.37. The van der Waals surface area contributed by atoms with E-state index in [0.29, 0.717) is 16.9 Å². The molecule has 1 aliphatic rings. The molecule has 0 saturated carbocycles. The highest BCUT2D eigenvalue weighted by molar-refractivity contribution is 6.09. The number of likely N-dealkylation sites (N-methyl/N-ethyl adjacent to an activating group) is 1. The van der Waals surface area contributed by atoms with Crippen molar-refractivity contribution in [1.82, 2.24) is 4.98 Å². The Hall–Kier alpha value is -2.57. The average Bonchev–Trinajstić information content (AvgIpc) is 2.70. The first kappa shape index (κ1) is 15.3. The number of carbonyl (C=O) groups excluding carboxylic acids is 1. The first-order valence-corrected chi connectivity index (χ1v) is 6.83. The van der Waals surface area contributed by atoms with Crippen molar-refractivity contribution in [3.63, 3.8) is 0 Å². The Morgan fingerprint density at radius 2 is 1.83 bits per heavy atom. The van der Waals surface area contributed by atoms with Gasteiger partial charge in [0.05, 0.1) is 11.4 Å². The van der Waals surface area contributed by atoms with E-state index in [-0.39, 0.29) is 11.7 Å². The molecule has 7 heteroatoms. The fourth-order valence-electron chi connectivity index (χ4n) is 2.85. The van der Waals surface area contributed by atoms with Crippen molar-refractivity contribution in [2.75, 3.05) is 11.9 Å². The van der Waals surface area contributed by atoms with Crippen LogP contribution in [0.2, 0.25) is 0 Å². The normalized spacial score (nSPS) is 20.6. The highest BCUT2D eigenvalue weighted by atomic mass is 19.4. The molecule has 0 radical (unpaired) electrons. The topological polar surface area (TPSA) is 42.4 Å². The number of halogens is 3. The number of nitrogens with zero attached hydrogens (tertiary/aromatic N) is 2. The Balaban J connectivity index is 2.02. The summed E-state index contributed by atoms with van der Waals surface area (Å²) in [5, 5.41) is 0. The largest absolute Gasteiger partial charge is 0.573 e. The fourth-order valence-corrected chi connectivity index (χ4v) is 2.85. The lowest BCUT2D eigenvalue weighted by atomic mass is 9.80. The van der Waals surface area contributed by atoms with Gasteiger partial charge in [-0.3, -0.25) is 9.78 Å². The van der Waals surface area contributed by atoms with Crippen LogP contribution in [0.4, 0.5) is 18.9 Å². The van der Waals surface area contributed by atoms with Crippen LogP contribution in [0.15, 0.2) is 42.6 Å². The summed E-state index contributed by atoms with van der Waals surface area (Å²) in [7, 11) is 1.65. The lowest BCUT2D eigenvalue weighted by Gasteiger charge is -2.23. The Morgan fingerprint density at radius 1 is 1.17 bits per heavy atom. The van der Waals surface area contributed by atoms with Crippen molar-refractivity contribution in [3.8, 4) is 5.75 Å². The highest BCUT2D eigenvalue weighted by Gasteiger charge is 2.48. The van der Waals surface area contributed by atoms with E-state index < -0.39 is 11.8 Å². The summed E-state index contributed by atoms with van der Waals surface area (Å²) in [6, 6.07) is 8.82. The second-order valence-electron chi connectivity index (χ2n) is 5.43. The van der Waals surface area contributed by atoms with E-state index in [1.807, 2.05) is 0 Å². The van der Waals surface area contributed by atoms with Crippen LogP contribution in [0.5, 0.6) is 5.75 Å². The Labute approximate surface area is 130 Å². The summed E-state index contributed by atoms with van der Waals surface area (Å²) in [4.78, 5) is 18.5. The van der Waals surface area contributed by atoms with Crippen molar-refractivity contribution in [3.05, 3.63) is 53.9 Å². The minimum atomic E-state index is -4.75. The van der Waals surface area contributed by atoms with Gasteiger partial charge in [-0.2, -0.15) is 0 Å². The minimum Gasteiger partial charge on any atom is -0.406 e. The Morgan fingerprint density at radius 3 is 2.43 bits per heavy atom. The molecule has 0 bridgehead atoms. The van der Waals surface area contributed by atoms with Gasteiger partial charge >= 0.3 is 6.36 Å². The molecule has 0 saturated heterocycles. The summed E-state index contributed by atoms with van der Waals surface area (Å²) >= 11 is 0. The van der Waals surface area contributed by atoms with Crippen LogP contribution in [-0.2, 0) is 10.2 Å². The van der Waals surface area contributed by atoms with Gasteiger partial charge < -0.3 is 9.64 Å². The molecule has 1 atom stereocenters. The molecule has 1 unspecified atom stereocenters. The van der Waals surface area contributed by atoms with Gasteiger partial charge in [-0.1, -0.05) is 12.1 Å². The van der Waals surface area contributed by atoms with E-state index in [1.54, 1.807) is 32.3 Å². The maximum Gasteiger partial charge on any atom is 0.573 e.